The lowest BCUT2D eigenvalue weighted by Crippen LogP contribution is -2.33. The Balaban J connectivity index is 1.84. The summed E-state index contributed by atoms with van der Waals surface area (Å²) in [6.07, 6.45) is 3.74. The molecular weight excluding hydrogens is 242 g/mol. The van der Waals surface area contributed by atoms with Crippen molar-refractivity contribution in [2.45, 2.75) is 38.3 Å². The van der Waals surface area contributed by atoms with Crippen LogP contribution >= 0.6 is 0 Å². The van der Waals surface area contributed by atoms with Gasteiger partial charge in [-0.3, -0.25) is 4.90 Å². The van der Waals surface area contributed by atoms with Crippen molar-refractivity contribution in [1.82, 2.24) is 4.90 Å². The Kier molecular flexibility index (Phi) is 2.89. The van der Waals surface area contributed by atoms with Gasteiger partial charge in [0.1, 0.15) is 0 Å². The van der Waals surface area contributed by atoms with Gasteiger partial charge in [-0.25, -0.2) is 0 Å². The third-order valence-electron chi connectivity index (χ3n) is 4.91. The van der Waals surface area contributed by atoms with Crippen LogP contribution in [0.15, 0.2) is 48.5 Å². The summed E-state index contributed by atoms with van der Waals surface area (Å²) in [7, 11) is 0. The molecule has 4 rings (SSSR count). The molecule has 0 saturated carbocycles. The van der Waals surface area contributed by atoms with Crippen molar-refractivity contribution < 1.29 is 0 Å². The first-order chi connectivity index (χ1) is 9.90. The molecule has 0 saturated heterocycles. The van der Waals surface area contributed by atoms with E-state index in [0.29, 0.717) is 12.1 Å². The summed E-state index contributed by atoms with van der Waals surface area (Å²) in [5, 5.41) is 0. The summed E-state index contributed by atoms with van der Waals surface area (Å²) >= 11 is 0. The Morgan fingerprint density at radius 1 is 0.950 bits per heavy atom. The molecule has 0 N–H and O–H groups in total. The molecule has 2 unspecified atom stereocenters. The molecule has 0 aromatic heterocycles. The van der Waals surface area contributed by atoms with Crippen LogP contribution in [0.2, 0.25) is 0 Å². The molecular formula is C19H21N. The summed E-state index contributed by atoms with van der Waals surface area (Å²) in [6, 6.07) is 19.2. The van der Waals surface area contributed by atoms with Crippen LogP contribution in [0.25, 0.3) is 0 Å². The van der Waals surface area contributed by atoms with Crippen molar-refractivity contribution in [3.63, 3.8) is 0 Å². The summed E-state index contributed by atoms with van der Waals surface area (Å²) in [5.74, 6) is 0. The number of hydrogen-bond acceptors (Lipinski definition) is 1. The maximum Gasteiger partial charge on any atom is 0.0613 e. The van der Waals surface area contributed by atoms with Gasteiger partial charge in [0.05, 0.1) is 6.04 Å². The van der Waals surface area contributed by atoms with Crippen molar-refractivity contribution in [1.29, 1.82) is 0 Å². The van der Waals surface area contributed by atoms with E-state index in [1.165, 1.54) is 31.4 Å². The first kappa shape index (κ1) is 12.2. The molecule has 0 aliphatic carbocycles. The summed E-state index contributed by atoms with van der Waals surface area (Å²) in [6.45, 7) is 3.50. The van der Waals surface area contributed by atoms with E-state index in [4.69, 9.17) is 0 Å². The van der Waals surface area contributed by atoms with Gasteiger partial charge in [0.15, 0.2) is 0 Å². The molecule has 2 atom stereocenters. The molecule has 1 nitrogen and oxygen atoms in total. The monoisotopic (exact) mass is 263 g/mol. The maximum atomic E-state index is 2.73. The topological polar surface area (TPSA) is 3.24 Å². The lowest BCUT2D eigenvalue weighted by atomic mass is 9.91. The first-order valence-corrected chi connectivity index (χ1v) is 7.82. The van der Waals surface area contributed by atoms with Gasteiger partial charge in [0.25, 0.3) is 0 Å². The molecule has 20 heavy (non-hydrogen) atoms. The van der Waals surface area contributed by atoms with Gasteiger partial charge in [-0.1, -0.05) is 61.9 Å². The minimum atomic E-state index is 0.493. The second kappa shape index (κ2) is 4.75. The van der Waals surface area contributed by atoms with Crippen molar-refractivity contribution >= 4 is 0 Å². The van der Waals surface area contributed by atoms with Gasteiger partial charge in [-0.2, -0.15) is 0 Å². The lowest BCUT2D eigenvalue weighted by molar-refractivity contribution is 0.165. The van der Waals surface area contributed by atoms with Crippen LogP contribution < -0.4 is 0 Å². The predicted molar refractivity (Wildman–Crippen MR) is 82.8 cm³/mol. The van der Waals surface area contributed by atoms with Gasteiger partial charge >= 0.3 is 0 Å². The van der Waals surface area contributed by atoms with Crippen LogP contribution in [0.5, 0.6) is 0 Å². The Bertz CT molecular complexity index is 620. The highest BCUT2D eigenvalue weighted by Crippen LogP contribution is 2.51. The zero-order valence-corrected chi connectivity index (χ0v) is 12.0. The fourth-order valence-electron chi connectivity index (χ4n) is 3.99. The minimum Gasteiger partial charge on any atom is -0.285 e. The van der Waals surface area contributed by atoms with Gasteiger partial charge < -0.3 is 0 Å². The fourth-order valence-corrected chi connectivity index (χ4v) is 3.99. The van der Waals surface area contributed by atoms with Crippen LogP contribution in [-0.4, -0.2) is 11.4 Å². The number of hydrogen-bond donors (Lipinski definition) is 0. The summed E-state index contributed by atoms with van der Waals surface area (Å²) in [5.41, 5.74) is 6.18. The third kappa shape index (κ3) is 1.66. The number of fused-ring (bicyclic) bond motifs is 7. The van der Waals surface area contributed by atoms with Crippen LogP contribution in [0.3, 0.4) is 0 Å². The lowest BCUT2D eigenvalue weighted by Gasteiger charge is -2.36. The van der Waals surface area contributed by atoms with E-state index in [0.717, 1.165) is 0 Å². The highest BCUT2D eigenvalue weighted by Gasteiger charge is 2.42. The molecule has 2 aromatic carbocycles. The molecule has 1 heteroatoms. The maximum absolute atomic E-state index is 2.73. The molecule has 2 bridgehead atoms. The molecule has 0 radical (unpaired) electrons. The molecule has 0 amide bonds. The van der Waals surface area contributed by atoms with Crippen molar-refractivity contribution in [3.05, 3.63) is 70.8 Å². The van der Waals surface area contributed by atoms with Gasteiger partial charge in [0.2, 0.25) is 0 Å². The average molecular weight is 263 g/mol. The highest BCUT2D eigenvalue weighted by atomic mass is 15.2. The van der Waals surface area contributed by atoms with Crippen molar-refractivity contribution in [2.75, 3.05) is 6.54 Å². The fraction of sp³-hybridized carbons (Fsp3) is 0.368. The van der Waals surface area contributed by atoms with E-state index in [9.17, 15) is 0 Å². The average Bonchev–Trinajstić information content (AvgIpc) is 2.72. The SMILES string of the molecule is CCCCN1C2Cc3ccccc3C1c1ccccc12. The van der Waals surface area contributed by atoms with E-state index in [1.807, 2.05) is 0 Å². The zero-order chi connectivity index (χ0) is 13.5. The molecule has 2 heterocycles. The van der Waals surface area contributed by atoms with E-state index in [2.05, 4.69) is 60.4 Å². The Morgan fingerprint density at radius 2 is 1.65 bits per heavy atom. The second-order valence-electron chi connectivity index (χ2n) is 6.04. The second-order valence-corrected chi connectivity index (χ2v) is 6.04. The van der Waals surface area contributed by atoms with E-state index in [-0.39, 0.29) is 0 Å². The van der Waals surface area contributed by atoms with Crippen LogP contribution in [0.4, 0.5) is 0 Å². The number of unbranched alkanes of at least 4 members (excludes halogenated alkanes) is 1. The molecule has 0 fully saturated rings. The highest BCUT2D eigenvalue weighted by molar-refractivity contribution is 5.50. The van der Waals surface area contributed by atoms with Crippen LogP contribution in [-0.2, 0) is 6.42 Å². The normalized spacial score (nSPS) is 23.4. The minimum absolute atomic E-state index is 0.493. The predicted octanol–water partition coefficient (Wildman–Crippen LogP) is 4.49. The number of rotatable bonds is 3. The zero-order valence-electron chi connectivity index (χ0n) is 12.0. The Labute approximate surface area is 121 Å². The quantitative estimate of drug-likeness (QED) is 0.788. The van der Waals surface area contributed by atoms with Gasteiger partial charge in [-0.05, 0) is 41.6 Å². The molecule has 2 aromatic rings. The van der Waals surface area contributed by atoms with Crippen LogP contribution in [0.1, 0.15) is 54.1 Å². The molecule has 2 aliphatic rings. The third-order valence-corrected chi connectivity index (χ3v) is 4.91. The summed E-state index contributed by atoms with van der Waals surface area (Å²) in [4.78, 5) is 2.73. The number of nitrogens with zero attached hydrogens (tertiary/aromatic N) is 1. The van der Waals surface area contributed by atoms with Gasteiger partial charge in [0, 0.05) is 6.04 Å². The first-order valence-electron chi connectivity index (χ1n) is 7.82. The number of benzene rings is 2. The van der Waals surface area contributed by atoms with Gasteiger partial charge in [-0.15, -0.1) is 0 Å². The van der Waals surface area contributed by atoms with E-state index >= 15 is 0 Å². The van der Waals surface area contributed by atoms with E-state index < -0.39 is 0 Å². The largest absolute Gasteiger partial charge is 0.285 e. The Morgan fingerprint density at radius 3 is 2.45 bits per heavy atom. The Hall–Kier alpha value is -1.60. The van der Waals surface area contributed by atoms with Crippen molar-refractivity contribution in [3.8, 4) is 0 Å². The van der Waals surface area contributed by atoms with Crippen LogP contribution in [0, 0.1) is 0 Å². The molecule has 2 aliphatic heterocycles. The summed E-state index contributed by atoms with van der Waals surface area (Å²) < 4.78 is 0. The smallest absolute Gasteiger partial charge is 0.0613 e. The van der Waals surface area contributed by atoms with E-state index in [1.54, 1.807) is 16.7 Å². The molecule has 102 valence electrons. The molecule has 0 spiro atoms. The standard InChI is InChI=1S/C19H21N/c1-2-3-12-20-18-13-14-8-4-5-9-15(14)19(20)17-11-7-6-10-16(17)18/h4-11,18-19H,2-3,12-13H2,1H3. The van der Waals surface area contributed by atoms with Crippen molar-refractivity contribution in [2.24, 2.45) is 0 Å².